The van der Waals surface area contributed by atoms with Gasteiger partial charge in [-0.2, -0.15) is 11.8 Å². The van der Waals surface area contributed by atoms with Gasteiger partial charge in [0.15, 0.2) is 0 Å². The average molecular weight is 354 g/mol. The lowest BCUT2D eigenvalue weighted by molar-refractivity contribution is 0.246. The van der Waals surface area contributed by atoms with Gasteiger partial charge < -0.3 is 9.73 Å². The Morgan fingerprint density at radius 3 is 2.61 bits per heavy atom. The molecule has 0 spiro atoms. The molecule has 2 N–H and O–H groups in total. The smallest absolute Gasteiger partial charge is 0.328 e. The molecule has 1 heterocycles. The quantitative estimate of drug-likeness (QED) is 0.746. The molecule has 0 atom stereocenters. The van der Waals surface area contributed by atoms with E-state index in [9.17, 15) is 13.2 Å². The summed E-state index contributed by atoms with van der Waals surface area (Å²) in [6.07, 6.45) is 1.61. The predicted molar refractivity (Wildman–Crippen MR) is 89.8 cm³/mol. The first-order chi connectivity index (χ1) is 11.0. The number of aryl methyl sites for hydroxylation is 1. The molecule has 0 saturated carbocycles. The number of thioether (sulfide) groups is 1. The van der Waals surface area contributed by atoms with Gasteiger partial charge in [-0.25, -0.2) is 17.9 Å². The Bertz CT molecular complexity index is 725. The molecule has 1 aromatic heterocycles. The molecule has 2 rings (SSSR count). The fourth-order valence-corrected chi connectivity index (χ4v) is 3.42. The van der Waals surface area contributed by atoms with Crippen molar-refractivity contribution in [3.63, 3.8) is 0 Å². The van der Waals surface area contributed by atoms with Crippen molar-refractivity contribution in [1.29, 1.82) is 0 Å². The van der Waals surface area contributed by atoms with Crippen LogP contribution in [0, 0.1) is 6.92 Å². The second-order valence-corrected chi connectivity index (χ2v) is 7.59. The molecule has 8 heteroatoms. The van der Waals surface area contributed by atoms with E-state index in [1.54, 1.807) is 30.2 Å². The number of sulfonamides is 1. The Hall–Kier alpha value is -1.93. The van der Waals surface area contributed by atoms with E-state index in [0.29, 0.717) is 18.1 Å². The van der Waals surface area contributed by atoms with Crippen LogP contribution < -0.4 is 10.0 Å². The van der Waals surface area contributed by atoms with Gasteiger partial charge in [-0.1, -0.05) is 17.7 Å². The molecule has 2 aromatic rings. The summed E-state index contributed by atoms with van der Waals surface area (Å²) in [6, 6.07) is 9.24. The van der Waals surface area contributed by atoms with E-state index >= 15 is 0 Å². The van der Waals surface area contributed by atoms with Gasteiger partial charge in [-0.05, 0) is 31.2 Å². The Balaban J connectivity index is 1.72. The van der Waals surface area contributed by atoms with Gasteiger partial charge in [0.05, 0.1) is 16.9 Å². The van der Waals surface area contributed by atoms with Crippen molar-refractivity contribution in [2.24, 2.45) is 0 Å². The van der Waals surface area contributed by atoms with Crippen LogP contribution in [0.5, 0.6) is 0 Å². The molecule has 0 fully saturated rings. The molecule has 0 aliphatic heterocycles. The molecule has 23 heavy (non-hydrogen) atoms. The Morgan fingerprint density at radius 1 is 1.22 bits per heavy atom. The maximum absolute atomic E-state index is 12.0. The summed E-state index contributed by atoms with van der Waals surface area (Å²) >= 11 is 1.58. The van der Waals surface area contributed by atoms with Crippen LogP contribution in [0.2, 0.25) is 0 Å². The van der Waals surface area contributed by atoms with Crippen LogP contribution in [0.15, 0.2) is 52.0 Å². The summed E-state index contributed by atoms with van der Waals surface area (Å²) in [5, 5.41) is 2.52. The second-order valence-electron chi connectivity index (χ2n) is 4.81. The number of carbonyl (C=O) groups excluding carboxylic acids is 1. The van der Waals surface area contributed by atoms with Crippen molar-refractivity contribution in [2.75, 3.05) is 12.3 Å². The van der Waals surface area contributed by atoms with E-state index in [1.807, 2.05) is 23.8 Å². The van der Waals surface area contributed by atoms with Gasteiger partial charge in [0, 0.05) is 12.3 Å². The van der Waals surface area contributed by atoms with Crippen molar-refractivity contribution < 1.29 is 17.6 Å². The van der Waals surface area contributed by atoms with Crippen molar-refractivity contribution >= 4 is 27.8 Å². The standard InChI is InChI=1S/C15H18N2O4S2/c1-12-4-6-14(7-5-12)23(19,20)17-15(18)16-8-10-22-11-13-3-2-9-21-13/h2-7,9H,8,10-11H2,1H3,(H2,16,17,18). The first-order valence-electron chi connectivity index (χ1n) is 6.95. The zero-order valence-electron chi connectivity index (χ0n) is 12.6. The molecule has 1 aromatic carbocycles. The third-order valence-corrected chi connectivity index (χ3v) is 5.24. The number of urea groups is 1. The minimum atomic E-state index is -3.84. The molecule has 6 nitrogen and oxygen atoms in total. The second kappa shape index (κ2) is 8.07. The zero-order valence-corrected chi connectivity index (χ0v) is 14.2. The Labute approximate surface area is 139 Å². The number of benzene rings is 1. The highest BCUT2D eigenvalue weighted by molar-refractivity contribution is 7.98. The summed E-state index contributed by atoms with van der Waals surface area (Å²) in [5.41, 5.74) is 0.946. The van der Waals surface area contributed by atoms with Gasteiger partial charge in [0.25, 0.3) is 10.0 Å². The summed E-state index contributed by atoms with van der Waals surface area (Å²) in [6.45, 7) is 2.22. The number of amides is 2. The number of rotatable bonds is 7. The van der Waals surface area contributed by atoms with Crippen LogP contribution in [0.25, 0.3) is 0 Å². The molecule has 0 aliphatic rings. The van der Waals surface area contributed by atoms with Crippen LogP contribution in [0.3, 0.4) is 0 Å². The number of carbonyl (C=O) groups is 1. The van der Waals surface area contributed by atoms with Gasteiger partial charge >= 0.3 is 6.03 Å². The van der Waals surface area contributed by atoms with Crippen LogP contribution in [0.1, 0.15) is 11.3 Å². The topological polar surface area (TPSA) is 88.4 Å². The first-order valence-corrected chi connectivity index (χ1v) is 9.58. The summed E-state index contributed by atoms with van der Waals surface area (Å²) in [4.78, 5) is 11.7. The summed E-state index contributed by atoms with van der Waals surface area (Å²) in [7, 11) is -3.84. The summed E-state index contributed by atoms with van der Waals surface area (Å²) < 4.78 is 31.2. The Kier molecular flexibility index (Phi) is 6.12. The monoisotopic (exact) mass is 354 g/mol. The normalized spacial score (nSPS) is 11.2. The summed E-state index contributed by atoms with van der Waals surface area (Å²) in [5.74, 6) is 2.22. The van der Waals surface area contributed by atoms with Gasteiger partial charge in [0.2, 0.25) is 0 Å². The van der Waals surface area contributed by atoms with Crippen molar-refractivity contribution in [1.82, 2.24) is 10.0 Å². The van der Waals surface area contributed by atoms with E-state index in [4.69, 9.17) is 4.42 Å². The lowest BCUT2D eigenvalue weighted by Gasteiger charge is -2.08. The number of nitrogens with one attached hydrogen (secondary N) is 2. The van der Waals surface area contributed by atoms with E-state index in [2.05, 4.69) is 5.32 Å². The highest BCUT2D eigenvalue weighted by atomic mass is 32.2. The van der Waals surface area contributed by atoms with Gasteiger partial charge in [-0.3, -0.25) is 0 Å². The molecule has 0 aliphatic carbocycles. The number of hydrogen-bond acceptors (Lipinski definition) is 5. The lowest BCUT2D eigenvalue weighted by Crippen LogP contribution is -2.40. The van der Waals surface area contributed by atoms with Crippen molar-refractivity contribution in [3.05, 3.63) is 54.0 Å². The van der Waals surface area contributed by atoms with Crippen LogP contribution >= 0.6 is 11.8 Å². The molecule has 0 saturated heterocycles. The molecule has 2 amide bonds. The van der Waals surface area contributed by atoms with Crippen LogP contribution in [-0.4, -0.2) is 26.7 Å². The fourth-order valence-electron chi connectivity index (χ4n) is 1.74. The number of furan rings is 1. The molecule has 124 valence electrons. The molecule has 0 radical (unpaired) electrons. The Morgan fingerprint density at radius 2 is 1.96 bits per heavy atom. The zero-order chi connectivity index (χ0) is 16.7. The third-order valence-electron chi connectivity index (χ3n) is 2.91. The van der Waals surface area contributed by atoms with E-state index < -0.39 is 16.1 Å². The SMILES string of the molecule is Cc1ccc(S(=O)(=O)NC(=O)NCCSCc2ccco2)cc1. The van der Waals surface area contributed by atoms with Gasteiger partial charge in [-0.15, -0.1) is 0 Å². The highest BCUT2D eigenvalue weighted by Gasteiger charge is 2.16. The first kappa shape index (κ1) is 17.4. The van der Waals surface area contributed by atoms with E-state index in [0.717, 1.165) is 11.3 Å². The maximum atomic E-state index is 12.0. The van der Waals surface area contributed by atoms with Crippen molar-refractivity contribution in [3.8, 4) is 0 Å². The van der Waals surface area contributed by atoms with Crippen LogP contribution in [0.4, 0.5) is 4.79 Å². The molecular weight excluding hydrogens is 336 g/mol. The average Bonchev–Trinajstić information content (AvgIpc) is 3.00. The van der Waals surface area contributed by atoms with Crippen LogP contribution in [-0.2, 0) is 15.8 Å². The molecule has 0 bridgehead atoms. The van der Waals surface area contributed by atoms with Gasteiger partial charge in [0.1, 0.15) is 5.76 Å². The van der Waals surface area contributed by atoms with E-state index in [1.165, 1.54) is 12.1 Å². The lowest BCUT2D eigenvalue weighted by atomic mass is 10.2. The fraction of sp³-hybridized carbons (Fsp3) is 0.267. The molecule has 0 unspecified atom stereocenters. The minimum absolute atomic E-state index is 0.0606. The van der Waals surface area contributed by atoms with Crippen molar-refractivity contribution in [2.45, 2.75) is 17.6 Å². The number of hydrogen-bond donors (Lipinski definition) is 2. The third kappa shape index (κ3) is 5.65. The largest absolute Gasteiger partial charge is 0.468 e. The predicted octanol–water partition coefficient (Wildman–Crippen LogP) is 2.51. The maximum Gasteiger partial charge on any atom is 0.328 e. The van der Waals surface area contributed by atoms with E-state index in [-0.39, 0.29) is 4.90 Å². The highest BCUT2D eigenvalue weighted by Crippen LogP contribution is 2.11. The molecular formula is C15H18N2O4S2. The minimum Gasteiger partial charge on any atom is -0.468 e.